The second-order valence-electron chi connectivity index (χ2n) is 10.7. The molecule has 40 heavy (non-hydrogen) atoms. The zero-order chi connectivity index (χ0) is 27.5. The molecule has 2 saturated heterocycles. The summed E-state index contributed by atoms with van der Waals surface area (Å²) in [7, 11) is 0.865. The van der Waals surface area contributed by atoms with E-state index in [1.165, 1.54) is 0 Å². The fourth-order valence-corrected chi connectivity index (χ4v) is 6.74. The largest absolute Gasteiger partial charge is 0.381 e. The Labute approximate surface area is 237 Å². The molecule has 212 valence electrons. The molecule has 1 unspecified atom stereocenters. The number of fused-ring (bicyclic) bond motifs is 1. The highest BCUT2D eigenvalue weighted by molar-refractivity contribution is 7.82. The van der Waals surface area contributed by atoms with Gasteiger partial charge in [-0.3, -0.25) is 9.89 Å². The number of rotatable bonds is 7. The lowest BCUT2D eigenvalue weighted by Crippen LogP contribution is -2.44. The van der Waals surface area contributed by atoms with Gasteiger partial charge in [0.05, 0.1) is 10.5 Å². The van der Waals surface area contributed by atoms with Crippen LogP contribution in [0.25, 0.3) is 0 Å². The minimum atomic E-state index is -1.28. The Bertz CT molecular complexity index is 1350. The number of carbonyl (C=O) groups is 1. The second kappa shape index (κ2) is 12.1. The van der Waals surface area contributed by atoms with E-state index in [-0.39, 0.29) is 11.9 Å². The number of aromatic amines is 1. The topological polar surface area (TPSA) is 106 Å². The fourth-order valence-electron chi connectivity index (χ4n) is 5.55. The molecule has 10 nitrogen and oxygen atoms in total. The maximum atomic E-state index is 13.7. The van der Waals surface area contributed by atoms with E-state index in [9.17, 15) is 9.00 Å². The molecular formula is C29H37N7O3S. The van der Waals surface area contributed by atoms with Crippen LogP contribution < -0.4 is 15.5 Å². The third-order valence-corrected chi connectivity index (χ3v) is 9.46. The van der Waals surface area contributed by atoms with Crippen LogP contribution in [0.4, 0.5) is 17.2 Å². The van der Waals surface area contributed by atoms with Gasteiger partial charge >= 0.3 is 0 Å². The summed E-state index contributed by atoms with van der Waals surface area (Å²) < 4.78 is 20.7. The number of hydrogen-bond donors (Lipinski definition) is 3. The predicted octanol–water partition coefficient (Wildman–Crippen LogP) is 3.09. The van der Waals surface area contributed by atoms with Crippen LogP contribution in [0, 0.1) is 0 Å². The maximum Gasteiger partial charge on any atom is 0.258 e. The van der Waals surface area contributed by atoms with E-state index >= 15 is 0 Å². The third kappa shape index (κ3) is 5.92. The molecule has 0 aliphatic carbocycles. The molecule has 6 rings (SSSR count). The van der Waals surface area contributed by atoms with Crippen LogP contribution in [0.2, 0.25) is 0 Å². The number of anilines is 3. The Hall–Kier alpha value is -3.25. The molecule has 0 bridgehead atoms. The number of ether oxygens (including phenoxy) is 1. The Morgan fingerprint density at radius 3 is 2.60 bits per heavy atom. The molecule has 1 atom stereocenters. The molecule has 11 heteroatoms. The summed E-state index contributed by atoms with van der Waals surface area (Å²) in [6.07, 6.45) is 2.50. The number of hydrogen-bond acceptors (Lipinski definition) is 7. The Morgan fingerprint density at radius 2 is 1.82 bits per heavy atom. The van der Waals surface area contributed by atoms with Crippen molar-refractivity contribution in [1.29, 1.82) is 0 Å². The van der Waals surface area contributed by atoms with Crippen molar-refractivity contribution >= 4 is 34.1 Å². The molecular weight excluding hydrogens is 526 g/mol. The molecule has 3 aromatic rings. The number of benzene rings is 2. The van der Waals surface area contributed by atoms with Crippen molar-refractivity contribution in [2.24, 2.45) is 0 Å². The smallest absolute Gasteiger partial charge is 0.258 e. The van der Waals surface area contributed by atoms with Crippen molar-refractivity contribution in [1.82, 2.24) is 19.4 Å². The summed E-state index contributed by atoms with van der Waals surface area (Å²) >= 11 is 0. The summed E-state index contributed by atoms with van der Waals surface area (Å²) in [4.78, 5) is 19.2. The van der Waals surface area contributed by atoms with Crippen LogP contribution in [0.3, 0.4) is 0 Å². The SMILES string of the molecule is CN1CCN(c2ccc(C(=O)Nc3n[nH]c4c3CN(S(=O)c3ccccc3)CC4)c(NC3CCOCC3)c2)CC1. The van der Waals surface area contributed by atoms with Gasteiger partial charge in [0.1, 0.15) is 11.0 Å². The normalized spacial score (nSPS) is 19.7. The lowest BCUT2D eigenvalue weighted by molar-refractivity contribution is 0.0904. The monoisotopic (exact) mass is 563 g/mol. The highest BCUT2D eigenvalue weighted by Crippen LogP contribution is 2.30. The van der Waals surface area contributed by atoms with E-state index < -0.39 is 11.0 Å². The molecule has 3 aliphatic heterocycles. The van der Waals surface area contributed by atoms with E-state index in [0.717, 1.165) is 79.8 Å². The van der Waals surface area contributed by atoms with E-state index in [4.69, 9.17) is 4.74 Å². The number of nitrogens with one attached hydrogen (secondary N) is 3. The molecule has 1 aromatic heterocycles. The lowest BCUT2D eigenvalue weighted by Gasteiger charge is -2.34. The number of piperazine rings is 1. The fraction of sp³-hybridized carbons (Fsp3) is 0.448. The van der Waals surface area contributed by atoms with Gasteiger partial charge in [0, 0.05) is 87.6 Å². The Balaban J connectivity index is 1.22. The highest BCUT2D eigenvalue weighted by Gasteiger charge is 2.28. The zero-order valence-electron chi connectivity index (χ0n) is 22.9. The van der Waals surface area contributed by atoms with E-state index in [1.807, 2.05) is 46.8 Å². The van der Waals surface area contributed by atoms with Gasteiger partial charge in [0.15, 0.2) is 5.82 Å². The van der Waals surface area contributed by atoms with Crippen molar-refractivity contribution in [3.05, 3.63) is 65.4 Å². The van der Waals surface area contributed by atoms with Crippen molar-refractivity contribution in [2.75, 3.05) is 68.5 Å². The Morgan fingerprint density at radius 1 is 1.05 bits per heavy atom. The molecule has 1 amide bonds. The van der Waals surface area contributed by atoms with Gasteiger partial charge in [-0.15, -0.1) is 0 Å². The minimum absolute atomic E-state index is 0.213. The quantitative estimate of drug-likeness (QED) is 0.406. The number of nitrogens with zero attached hydrogens (tertiary/aromatic N) is 4. The van der Waals surface area contributed by atoms with Gasteiger partial charge < -0.3 is 25.2 Å². The lowest BCUT2D eigenvalue weighted by atomic mass is 10.1. The second-order valence-corrected chi connectivity index (χ2v) is 12.2. The number of carbonyl (C=O) groups excluding carboxylic acids is 1. The average molecular weight is 564 g/mol. The van der Waals surface area contributed by atoms with Crippen LogP contribution in [0.15, 0.2) is 53.4 Å². The molecule has 4 heterocycles. The van der Waals surface area contributed by atoms with Crippen LogP contribution in [-0.4, -0.2) is 88.5 Å². The molecule has 0 radical (unpaired) electrons. The highest BCUT2D eigenvalue weighted by atomic mass is 32.2. The number of aromatic nitrogens is 2. The predicted molar refractivity (Wildman–Crippen MR) is 157 cm³/mol. The summed E-state index contributed by atoms with van der Waals surface area (Å²) in [5, 5.41) is 14.2. The van der Waals surface area contributed by atoms with E-state index in [1.54, 1.807) is 0 Å². The summed E-state index contributed by atoms with van der Waals surface area (Å²) in [5.41, 5.74) is 4.40. The molecule has 2 aromatic carbocycles. The summed E-state index contributed by atoms with van der Waals surface area (Å²) in [5.74, 6) is 0.282. The first kappa shape index (κ1) is 26.9. The Kier molecular flexibility index (Phi) is 8.15. The zero-order valence-corrected chi connectivity index (χ0v) is 23.7. The van der Waals surface area contributed by atoms with Gasteiger partial charge in [-0.05, 0) is 50.2 Å². The number of likely N-dealkylation sites (N-methyl/N-ethyl adjacent to an activating group) is 1. The number of amides is 1. The molecule has 3 N–H and O–H groups in total. The van der Waals surface area contributed by atoms with Crippen LogP contribution in [0.5, 0.6) is 0 Å². The van der Waals surface area contributed by atoms with Gasteiger partial charge in [0.25, 0.3) is 5.91 Å². The van der Waals surface area contributed by atoms with Crippen LogP contribution >= 0.6 is 0 Å². The first-order valence-electron chi connectivity index (χ1n) is 14.1. The molecule has 3 aliphatic rings. The van der Waals surface area contributed by atoms with Gasteiger partial charge in [0.2, 0.25) is 0 Å². The first-order chi connectivity index (χ1) is 19.5. The van der Waals surface area contributed by atoms with Crippen molar-refractivity contribution in [2.45, 2.75) is 36.7 Å². The maximum absolute atomic E-state index is 13.7. The van der Waals surface area contributed by atoms with Crippen molar-refractivity contribution in [3.63, 3.8) is 0 Å². The number of H-pyrrole nitrogens is 1. The van der Waals surface area contributed by atoms with E-state index in [2.05, 4.69) is 43.7 Å². The molecule has 0 saturated carbocycles. The van der Waals surface area contributed by atoms with Crippen molar-refractivity contribution in [3.8, 4) is 0 Å². The summed E-state index contributed by atoms with van der Waals surface area (Å²) in [6.45, 7) is 6.48. The summed E-state index contributed by atoms with van der Waals surface area (Å²) in [6, 6.07) is 15.8. The van der Waals surface area contributed by atoms with Crippen LogP contribution in [0.1, 0.15) is 34.5 Å². The average Bonchev–Trinajstić information content (AvgIpc) is 3.39. The van der Waals surface area contributed by atoms with Gasteiger partial charge in [-0.1, -0.05) is 18.2 Å². The van der Waals surface area contributed by atoms with Gasteiger partial charge in [-0.2, -0.15) is 5.10 Å². The van der Waals surface area contributed by atoms with Gasteiger partial charge in [-0.25, -0.2) is 8.51 Å². The van der Waals surface area contributed by atoms with E-state index in [0.29, 0.717) is 30.9 Å². The molecule has 0 spiro atoms. The van der Waals surface area contributed by atoms with Crippen molar-refractivity contribution < 1.29 is 13.7 Å². The first-order valence-corrected chi connectivity index (χ1v) is 15.2. The van der Waals surface area contributed by atoms with Crippen LogP contribution in [-0.2, 0) is 28.7 Å². The molecule has 2 fully saturated rings. The third-order valence-electron chi connectivity index (χ3n) is 8.01. The standard InChI is InChI=1S/C29H37N7O3S/c1-34-13-15-35(16-14-34)22-7-8-24(27(19-22)30-21-10-17-39-18-11-21)29(37)31-28-25-20-36(12-9-26(25)32-33-28)40(38)23-5-3-2-4-6-23/h2-8,19,21,30H,9-18,20H2,1H3,(H2,31,32,33,37). The minimum Gasteiger partial charge on any atom is -0.381 e.